The lowest BCUT2D eigenvalue weighted by Crippen LogP contribution is -2.25. The first-order valence-corrected chi connectivity index (χ1v) is 5.48. The zero-order valence-electron chi connectivity index (χ0n) is 10.1. The van der Waals surface area contributed by atoms with Gasteiger partial charge in [-0.25, -0.2) is 0 Å². The third-order valence-electron chi connectivity index (χ3n) is 2.72. The molecule has 88 valence electrons. The zero-order chi connectivity index (χ0) is 12.1. The van der Waals surface area contributed by atoms with E-state index in [1.54, 1.807) is 24.7 Å². The number of pyridine rings is 1. The van der Waals surface area contributed by atoms with Gasteiger partial charge in [0.2, 0.25) is 6.41 Å². The first kappa shape index (κ1) is 12.5. The van der Waals surface area contributed by atoms with Crippen molar-refractivity contribution < 1.29 is 4.79 Å². The Morgan fingerprint density at radius 1 is 1.44 bits per heavy atom. The smallest absolute Gasteiger partial charge is 0.250 e. The number of hydrogen-bond donors (Lipinski definition) is 0. The fraction of sp³-hybridized carbons (Fsp3) is 0.500. The Morgan fingerprint density at radius 2 is 2.12 bits per heavy atom. The van der Waals surface area contributed by atoms with Gasteiger partial charge in [0.15, 0.2) is 0 Å². The summed E-state index contributed by atoms with van der Waals surface area (Å²) in [4.78, 5) is 23.8. The van der Waals surface area contributed by atoms with Crippen LogP contribution in [0.2, 0.25) is 0 Å². The average Bonchev–Trinajstić information content (AvgIpc) is 2.30. The molecule has 1 aromatic rings. The molecule has 0 atom stereocenters. The molecule has 1 heterocycles. The number of nitrogens with zero attached hydrogens (tertiary/aromatic N) is 2. The van der Waals surface area contributed by atoms with E-state index in [9.17, 15) is 9.59 Å². The minimum absolute atomic E-state index is 0.0332. The van der Waals surface area contributed by atoms with Gasteiger partial charge in [0.25, 0.3) is 5.56 Å². The van der Waals surface area contributed by atoms with Gasteiger partial charge in [0, 0.05) is 25.9 Å². The van der Waals surface area contributed by atoms with Crippen LogP contribution >= 0.6 is 0 Å². The predicted octanol–water partition coefficient (Wildman–Crippen LogP) is 1.32. The van der Waals surface area contributed by atoms with E-state index in [4.69, 9.17) is 0 Å². The lowest BCUT2D eigenvalue weighted by atomic mass is 10.1. The molecule has 0 spiro atoms. The van der Waals surface area contributed by atoms with Crippen molar-refractivity contribution in [2.75, 3.05) is 11.9 Å². The molecule has 4 heteroatoms. The van der Waals surface area contributed by atoms with Crippen molar-refractivity contribution in [2.45, 2.75) is 26.2 Å². The summed E-state index contributed by atoms with van der Waals surface area (Å²) >= 11 is 0. The Balaban J connectivity index is 3.21. The SMILES string of the molecule is CCCCc1c(N(C)C=O)ccc(=O)n1C. The Labute approximate surface area is 95.5 Å². The minimum Gasteiger partial charge on any atom is -0.316 e. The monoisotopic (exact) mass is 222 g/mol. The van der Waals surface area contributed by atoms with Gasteiger partial charge in [-0.15, -0.1) is 0 Å². The van der Waals surface area contributed by atoms with Gasteiger partial charge in [-0.1, -0.05) is 13.3 Å². The largest absolute Gasteiger partial charge is 0.316 e. The summed E-state index contributed by atoms with van der Waals surface area (Å²) in [6.45, 7) is 2.10. The number of aromatic nitrogens is 1. The second-order valence-corrected chi connectivity index (χ2v) is 3.88. The van der Waals surface area contributed by atoms with E-state index in [-0.39, 0.29) is 5.56 Å². The summed E-state index contributed by atoms with van der Waals surface area (Å²) in [6.07, 6.45) is 3.65. The van der Waals surface area contributed by atoms with Crippen LogP contribution in [0.1, 0.15) is 25.5 Å². The number of carbonyl (C=O) groups is 1. The second kappa shape index (κ2) is 5.49. The van der Waals surface area contributed by atoms with Gasteiger partial charge in [0.1, 0.15) is 0 Å². The molecule has 1 amide bonds. The number of amides is 1. The van der Waals surface area contributed by atoms with Crippen molar-refractivity contribution in [3.05, 3.63) is 28.2 Å². The van der Waals surface area contributed by atoms with E-state index < -0.39 is 0 Å². The van der Waals surface area contributed by atoms with Crippen LogP contribution in [0.15, 0.2) is 16.9 Å². The van der Waals surface area contributed by atoms with Crippen molar-refractivity contribution in [1.82, 2.24) is 4.57 Å². The molecular formula is C12H18N2O2. The highest BCUT2D eigenvalue weighted by atomic mass is 16.1. The van der Waals surface area contributed by atoms with Crippen LogP contribution in [0.25, 0.3) is 0 Å². The highest BCUT2D eigenvalue weighted by molar-refractivity contribution is 5.75. The quantitative estimate of drug-likeness (QED) is 0.705. The number of unbranched alkanes of at least 4 members (excludes halogenated alkanes) is 1. The molecule has 0 aliphatic rings. The fourth-order valence-corrected chi connectivity index (χ4v) is 1.68. The van der Waals surface area contributed by atoms with E-state index in [0.717, 1.165) is 37.1 Å². The molecule has 16 heavy (non-hydrogen) atoms. The molecule has 0 bridgehead atoms. The average molecular weight is 222 g/mol. The van der Waals surface area contributed by atoms with Crippen molar-refractivity contribution >= 4 is 12.1 Å². The summed E-state index contributed by atoms with van der Waals surface area (Å²) < 4.78 is 1.62. The van der Waals surface area contributed by atoms with Gasteiger partial charge in [-0.3, -0.25) is 9.59 Å². The van der Waals surface area contributed by atoms with Gasteiger partial charge in [-0.05, 0) is 18.9 Å². The van der Waals surface area contributed by atoms with Crippen LogP contribution in [0.3, 0.4) is 0 Å². The van der Waals surface area contributed by atoms with Crippen LogP contribution in [0, 0.1) is 0 Å². The summed E-state index contributed by atoms with van der Waals surface area (Å²) in [7, 11) is 3.44. The van der Waals surface area contributed by atoms with Crippen LogP contribution in [0.5, 0.6) is 0 Å². The number of anilines is 1. The van der Waals surface area contributed by atoms with E-state index in [1.807, 2.05) is 0 Å². The summed E-state index contributed by atoms with van der Waals surface area (Å²) in [6, 6.07) is 3.20. The highest BCUT2D eigenvalue weighted by Crippen LogP contribution is 2.18. The number of rotatable bonds is 5. The molecule has 1 rings (SSSR count). The molecule has 1 aromatic heterocycles. The van der Waals surface area contributed by atoms with Gasteiger partial charge in [-0.2, -0.15) is 0 Å². The van der Waals surface area contributed by atoms with Crippen molar-refractivity contribution in [2.24, 2.45) is 7.05 Å². The lowest BCUT2D eigenvalue weighted by Gasteiger charge is -2.18. The molecule has 0 fully saturated rings. The molecule has 0 saturated heterocycles. The van der Waals surface area contributed by atoms with Crippen LogP contribution in [-0.4, -0.2) is 18.0 Å². The second-order valence-electron chi connectivity index (χ2n) is 3.88. The van der Waals surface area contributed by atoms with Gasteiger partial charge in [0.05, 0.1) is 5.69 Å². The van der Waals surface area contributed by atoms with Gasteiger partial charge >= 0.3 is 0 Å². The Morgan fingerprint density at radius 3 is 2.69 bits per heavy atom. The van der Waals surface area contributed by atoms with E-state index >= 15 is 0 Å². The van der Waals surface area contributed by atoms with Crippen LogP contribution in [-0.2, 0) is 18.3 Å². The summed E-state index contributed by atoms with van der Waals surface area (Å²) in [5, 5.41) is 0. The summed E-state index contributed by atoms with van der Waals surface area (Å²) in [5.74, 6) is 0. The Bertz CT molecular complexity index is 424. The Kier molecular flexibility index (Phi) is 4.28. The van der Waals surface area contributed by atoms with E-state index in [1.165, 1.54) is 11.0 Å². The minimum atomic E-state index is -0.0332. The maximum Gasteiger partial charge on any atom is 0.250 e. The maximum atomic E-state index is 11.5. The van der Waals surface area contributed by atoms with E-state index in [0.29, 0.717) is 0 Å². The van der Waals surface area contributed by atoms with Crippen molar-refractivity contribution in [3.63, 3.8) is 0 Å². The molecular weight excluding hydrogens is 204 g/mol. The first-order valence-electron chi connectivity index (χ1n) is 5.48. The van der Waals surface area contributed by atoms with Crippen molar-refractivity contribution in [1.29, 1.82) is 0 Å². The van der Waals surface area contributed by atoms with Crippen molar-refractivity contribution in [3.8, 4) is 0 Å². The maximum absolute atomic E-state index is 11.5. The molecule has 0 saturated carbocycles. The summed E-state index contributed by atoms with van der Waals surface area (Å²) in [5.41, 5.74) is 1.70. The third-order valence-corrected chi connectivity index (χ3v) is 2.72. The number of carbonyl (C=O) groups excluding carboxylic acids is 1. The first-order chi connectivity index (χ1) is 7.61. The van der Waals surface area contributed by atoms with E-state index in [2.05, 4.69) is 6.92 Å². The van der Waals surface area contributed by atoms with Gasteiger partial charge < -0.3 is 9.47 Å². The standard InChI is InChI=1S/C12H18N2O2/c1-4-5-6-11-10(13(2)9-15)7-8-12(16)14(11)3/h7-9H,4-6H2,1-3H3. The highest BCUT2D eigenvalue weighted by Gasteiger charge is 2.10. The Hall–Kier alpha value is -1.58. The molecule has 0 N–H and O–H groups in total. The molecule has 0 aliphatic heterocycles. The predicted molar refractivity (Wildman–Crippen MR) is 64.8 cm³/mol. The lowest BCUT2D eigenvalue weighted by molar-refractivity contribution is -0.107. The third kappa shape index (κ3) is 2.51. The van der Waals surface area contributed by atoms with Crippen LogP contribution < -0.4 is 10.5 Å². The molecule has 4 nitrogen and oxygen atoms in total. The molecule has 0 aromatic carbocycles. The fourth-order valence-electron chi connectivity index (χ4n) is 1.68. The normalized spacial score (nSPS) is 10.2. The molecule has 0 radical (unpaired) electrons. The zero-order valence-corrected chi connectivity index (χ0v) is 10.1. The molecule has 0 aliphatic carbocycles. The molecule has 0 unspecified atom stereocenters. The number of hydrogen-bond acceptors (Lipinski definition) is 2. The van der Waals surface area contributed by atoms with Crippen LogP contribution in [0.4, 0.5) is 5.69 Å². The topological polar surface area (TPSA) is 42.3 Å².